The van der Waals surface area contributed by atoms with Gasteiger partial charge in [-0.05, 0) is 30.3 Å². The standard InChI is InChI=1S/C16H15N5O3/c1-24-16(23)21-14-19-12-8-7-11(9-13(12)20-14)18-15(22)17-10-5-3-2-4-6-10/h2-9H,1H3,(H2,17,18,22)(H2,19,20,21,23). The Hall–Kier alpha value is -3.55. The summed E-state index contributed by atoms with van der Waals surface area (Å²) in [5.41, 5.74) is 2.60. The summed E-state index contributed by atoms with van der Waals surface area (Å²) in [6.45, 7) is 0. The van der Waals surface area contributed by atoms with Gasteiger partial charge in [0.15, 0.2) is 0 Å². The molecular formula is C16H15N5O3. The first kappa shape index (κ1) is 15.3. The van der Waals surface area contributed by atoms with Crippen LogP contribution in [0.25, 0.3) is 11.0 Å². The molecule has 8 nitrogen and oxygen atoms in total. The minimum Gasteiger partial charge on any atom is -0.453 e. The molecule has 0 saturated carbocycles. The van der Waals surface area contributed by atoms with Crippen molar-refractivity contribution in [3.05, 3.63) is 48.5 Å². The maximum Gasteiger partial charge on any atom is 0.413 e. The molecule has 0 aliphatic rings. The van der Waals surface area contributed by atoms with Gasteiger partial charge in [-0.25, -0.2) is 14.6 Å². The number of nitrogens with zero attached hydrogens (tertiary/aromatic N) is 1. The minimum atomic E-state index is -0.616. The highest BCUT2D eigenvalue weighted by Gasteiger charge is 2.08. The molecule has 0 fully saturated rings. The van der Waals surface area contributed by atoms with Gasteiger partial charge in [-0.2, -0.15) is 0 Å². The number of amides is 3. The van der Waals surface area contributed by atoms with E-state index in [0.29, 0.717) is 22.4 Å². The Bertz CT molecular complexity index is 876. The second kappa shape index (κ2) is 6.69. The number of benzene rings is 2. The average Bonchev–Trinajstić information content (AvgIpc) is 2.97. The van der Waals surface area contributed by atoms with Crippen LogP contribution in [0, 0.1) is 0 Å². The van der Waals surface area contributed by atoms with E-state index in [1.165, 1.54) is 7.11 Å². The Labute approximate surface area is 137 Å². The maximum atomic E-state index is 12.0. The molecule has 3 aromatic rings. The Morgan fingerprint density at radius 3 is 2.50 bits per heavy atom. The molecular weight excluding hydrogens is 310 g/mol. The predicted octanol–water partition coefficient (Wildman–Crippen LogP) is 3.39. The van der Waals surface area contributed by atoms with E-state index in [2.05, 4.69) is 30.7 Å². The number of methoxy groups -OCH3 is 1. The number of carbonyl (C=O) groups excluding carboxylic acids is 2. The fraction of sp³-hybridized carbons (Fsp3) is 0.0625. The summed E-state index contributed by atoms with van der Waals surface area (Å²) in [5, 5.41) is 7.91. The van der Waals surface area contributed by atoms with Crippen molar-refractivity contribution >= 4 is 40.5 Å². The normalized spacial score (nSPS) is 10.2. The largest absolute Gasteiger partial charge is 0.453 e. The zero-order valence-electron chi connectivity index (χ0n) is 12.8. The summed E-state index contributed by atoms with van der Waals surface area (Å²) < 4.78 is 4.51. The van der Waals surface area contributed by atoms with Gasteiger partial charge in [-0.15, -0.1) is 0 Å². The van der Waals surface area contributed by atoms with Crippen molar-refractivity contribution in [3.63, 3.8) is 0 Å². The highest BCUT2D eigenvalue weighted by molar-refractivity contribution is 6.00. The molecule has 3 rings (SSSR count). The number of imidazole rings is 1. The van der Waals surface area contributed by atoms with Gasteiger partial charge in [0.2, 0.25) is 5.95 Å². The number of H-pyrrole nitrogens is 1. The summed E-state index contributed by atoms with van der Waals surface area (Å²) in [4.78, 5) is 30.3. The summed E-state index contributed by atoms with van der Waals surface area (Å²) in [5.74, 6) is 0.266. The van der Waals surface area contributed by atoms with Crippen molar-refractivity contribution in [2.45, 2.75) is 0 Å². The van der Waals surface area contributed by atoms with E-state index >= 15 is 0 Å². The number of rotatable bonds is 3. The fourth-order valence-electron chi connectivity index (χ4n) is 2.11. The van der Waals surface area contributed by atoms with E-state index < -0.39 is 6.09 Å². The van der Waals surface area contributed by atoms with Gasteiger partial charge in [0.25, 0.3) is 0 Å². The number of carbonyl (C=O) groups is 2. The molecule has 0 atom stereocenters. The average molecular weight is 325 g/mol. The molecule has 122 valence electrons. The first-order chi connectivity index (χ1) is 11.6. The SMILES string of the molecule is COC(=O)Nc1nc2ccc(NC(=O)Nc3ccccc3)cc2[nH]1. The number of aromatic nitrogens is 2. The van der Waals surface area contributed by atoms with Crippen molar-refractivity contribution in [2.24, 2.45) is 0 Å². The van der Waals surface area contributed by atoms with Gasteiger partial charge >= 0.3 is 12.1 Å². The number of anilines is 3. The van der Waals surface area contributed by atoms with Crippen molar-refractivity contribution in [2.75, 3.05) is 23.1 Å². The zero-order valence-corrected chi connectivity index (χ0v) is 12.8. The third-order valence-electron chi connectivity index (χ3n) is 3.18. The molecule has 0 unspecified atom stereocenters. The number of fused-ring (bicyclic) bond motifs is 1. The van der Waals surface area contributed by atoms with E-state index in [1.54, 1.807) is 30.3 Å². The zero-order chi connectivity index (χ0) is 16.9. The van der Waals surface area contributed by atoms with Gasteiger partial charge < -0.3 is 20.4 Å². The molecule has 2 aromatic carbocycles. The number of para-hydroxylation sites is 1. The number of ether oxygens (including phenoxy) is 1. The van der Waals surface area contributed by atoms with E-state index in [1.807, 2.05) is 18.2 Å². The van der Waals surface area contributed by atoms with Crippen LogP contribution >= 0.6 is 0 Å². The lowest BCUT2D eigenvalue weighted by Gasteiger charge is -2.07. The smallest absolute Gasteiger partial charge is 0.413 e. The third kappa shape index (κ3) is 3.61. The van der Waals surface area contributed by atoms with Gasteiger partial charge in [-0.1, -0.05) is 18.2 Å². The summed E-state index contributed by atoms with van der Waals surface area (Å²) in [6, 6.07) is 13.9. The van der Waals surface area contributed by atoms with Gasteiger partial charge in [-0.3, -0.25) is 5.32 Å². The lowest BCUT2D eigenvalue weighted by molar-refractivity contribution is 0.186. The first-order valence-electron chi connectivity index (χ1n) is 7.12. The number of hydrogen-bond donors (Lipinski definition) is 4. The third-order valence-corrected chi connectivity index (χ3v) is 3.18. The van der Waals surface area contributed by atoms with E-state index in [4.69, 9.17) is 0 Å². The number of urea groups is 1. The Morgan fingerprint density at radius 2 is 1.75 bits per heavy atom. The van der Waals surface area contributed by atoms with Crippen LogP contribution in [0.1, 0.15) is 0 Å². The Kier molecular flexibility index (Phi) is 4.28. The predicted molar refractivity (Wildman–Crippen MR) is 91.2 cm³/mol. The van der Waals surface area contributed by atoms with Crippen LogP contribution in [-0.4, -0.2) is 29.2 Å². The molecule has 0 aliphatic carbocycles. The molecule has 24 heavy (non-hydrogen) atoms. The topological polar surface area (TPSA) is 108 Å². The van der Waals surface area contributed by atoms with Crippen LogP contribution in [-0.2, 0) is 4.74 Å². The monoisotopic (exact) mass is 325 g/mol. The Morgan fingerprint density at radius 1 is 1.00 bits per heavy atom. The lowest BCUT2D eigenvalue weighted by atomic mass is 10.3. The number of aromatic amines is 1. The maximum absolute atomic E-state index is 12.0. The van der Waals surface area contributed by atoms with Crippen LogP contribution in [0.15, 0.2) is 48.5 Å². The molecule has 8 heteroatoms. The van der Waals surface area contributed by atoms with Crippen LogP contribution in [0.3, 0.4) is 0 Å². The molecule has 3 amide bonds. The molecule has 0 spiro atoms. The first-order valence-corrected chi connectivity index (χ1v) is 7.12. The van der Waals surface area contributed by atoms with Gasteiger partial charge in [0.1, 0.15) is 0 Å². The summed E-state index contributed by atoms with van der Waals surface area (Å²) >= 11 is 0. The van der Waals surface area contributed by atoms with E-state index in [0.717, 1.165) is 0 Å². The van der Waals surface area contributed by atoms with Crippen molar-refractivity contribution < 1.29 is 14.3 Å². The van der Waals surface area contributed by atoms with Crippen molar-refractivity contribution in [1.29, 1.82) is 0 Å². The highest BCUT2D eigenvalue weighted by Crippen LogP contribution is 2.19. The molecule has 1 aromatic heterocycles. The van der Waals surface area contributed by atoms with E-state index in [9.17, 15) is 9.59 Å². The Balaban J connectivity index is 1.71. The fourth-order valence-corrected chi connectivity index (χ4v) is 2.11. The second-order valence-corrected chi connectivity index (χ2v) is 4.88. The quantitative estimate of drug-likeness (QED) is 0.592. The summed E-state index contributed by atoms with van der Waals surface area (Å²) in [6.07, 6.45) is -0.616. The summed E-state index contributed by atoms with van der Waals surface area (Å²) in [7, 11) is 1.27. The number of hydrogen-bond acceptors (Lipinski definition) is 4. The van der Waals surface area contributed by atoms with Crippen molar-refractivity contribution in [3.8, 4) is 0 Å². The van der Waals surface area contributed by atoms with Gasteiger partial charge in [0.05, 0.1) is 18.1 Å². The van der Waals surface area contributed by atoms with Crippen LogP contribution in [0.5, 0.6) is 0 Å². The lowest BCUT2D eigenvalue weighted by Crippen LogP contribution is -2.19. The van der Waals surface area contributed by atoms with Crippen LogP contribution in [0.2, 0.25) is 0 Å². The highest BCUT2D eigenvalue weighted by atomic mass is 16.5. The van der Waals surface area contributed by atoms with E-state index in [-0.39, 0.29) is 12.0 Å². The number of nitrogens with one attached hydrogen (secondary N) is 4. The molecule has 0 radical (unpaired) electrons. The van der Waals surface area contributed by atoms with Gasteiger partial charge in [0, 0.05) is 11.4 Å². The minimum absolute atomic E-state index is 0.266. The molecule has 4 N–H and O–H groups in total. The second-order valence-electron chi connectivity index (χ2n) is 4.88. The van der Waals surface area contributed by atoms with Crippen LogP contribution in [0.4, 0.5) is 26.9 Å². The van der Waals surface area contributed by atoms with Crippen LogP contribution < -0.4 is 16.0 Å². The molecule has 0 aliphatic heterocycles. The molecule has 0 saturated heterocycles. The van der Waals surface area contributed by atoms with Crippen molar-refractivity contribution in [1.82, 2.24) is 9.97 Å². The molecule has 1 heterocycles. The molecule has 0 bridgehead atoms.